The predicted molar refractivity (Wildman–Crippen MR) is 79.3 cm³/mol. The van der Waals surface area contributed by atoms with E-state index in [2.05, 4.69) is 25.9 Å². The van der Waals surface area contributed by atoms with Gasteiger partial charge in [0, 0.05) is 18.5 Å². The lowest BCUT2D eigenvalue weighted by Gasteiger charge is -2.26. The molecule has 0 bridgehead atoms. The lowest BCUT2D eigenvalue weighted by atomic mass is 10.1. The molecule has 2 N–H and O–H groups in total. The maximum Gasteiger partial charge on any atom is 0.243 e. The Morgan fingerprint density at radius 1 is 1.50 bits per heavy atom. The first-order valence-corrected chi connectivity index (χ1v) is 7.42. The zero-order valence-electron chi connectivity index (χ0n) is 13.0. The van der Waals surface area contributed by atoms with E-state index in [4.69, 9.17) is 4.52 Å². The van der Waals surface area contributed by atoms with E-state index in [0.29, 0.717) is 5.88 Å². The van der Waals surface area contributed by atoms with Crippen molar-refractivity contribution in [2.75, 3.05) is 5.32 Å². The molecule has 22 heavy (non-hydrogen) atoms. The Bertz CT molecular complexity index is 677. The number of hydrogen-bond donors (Lipinski definition) is 2. The molecular formula is C14H20N6O2. The first kappa shape index (κ1) is 14.7. The molecule has 0 radical (unpaired) electrons. The molecule has 1 amide bonds. The molecule has 0 unspecified atom stereocenters. The Labute approximate surface area is 128 Å². The minimum Gasteiger partial charge on any atom is -0.338 e. The fourth-order valence-electron chi connectivity index (χ4n) is 2.65. The number of anilines is 1. The molecule has 0 spiro atoms. The molecule has 2 atom stereocenters. The average molecular weight is 304 g/mol. The van der Waals surface area contributed by atoms with Gasteiger partial charge >= 0.3 is 0 Å². The Morgan fingerprint density at radius 3 is 3.05 bits per heavy atom. The summed E-state index contributed by atoms with van der Waals surface area (Å²) in [6, 6.07) is 1.56. The van der Waals surface area contributed by atoms with Crippen LogP contribution in [0.2, 0.25) is 0 Å². The summed E-state index contributed by atoms with van der Waals surface area (Å²) >= 11 is 0. The molecule has 2 aromatic heterocycles. The summed E-state index contributed by atoms with van der Waals surface area (Å²) in [7, 11) is 0. The number of hydrogen-bond acceptors (Lipinski definition) is 6. The quantitative estimate of drug-likeness (QED) is 0.867. The topological polar surface area (TPSA) is 97.9 Å². The first-order chi connectivity index (χ1) is 10.5. The monoisotopic (exact) mass is 304 g/mol. The van der Waals surface area contributed by atoms with E-state index in [-0.39, 0.29) is 18.0 Å². The molecule has 118 valence electrons. The molecule has 8 nitrogen and oxygen atoms in total. The van der Waals surface area contributed by atoms with Crippen molar-refractivity contribution in [1.29, 1.82) is 0 Å². The highest BCUT2D eigenvalue weighted by molar-refractivity contribution is 5.93. The van der Waals surface area contributed by atoms with Crippen LogP contribution in [0.25, 0.3) is 0 Å². The predicted octanol–water partition coefficient (Wildman–Crippen LogP) is 0.815. The van der Waals surface area contributed by atoms with Gasteiger partial charge in [0.05, 0.1) is 18.3 Å². The van der Waals surface area contributed by atoms with Gasteiger partial charge in [-0.3, -0.25) is 10.1 Å². The number of amides is 1. The van der Waals surface area contributed by atoms with Crippen molar-refractivity contribution in [3.8, 4) is 0 Å². The average Bonchev–Trinajstić information content (AvgIpc) is 3.03. The molecule has 0 fully saturated rings. The Kier molecular flexibility index (Phi) is 3.93. The third-order valence-corrected chi connectivity index (χ3v) is 3.72. The van der Waals surface area contributed by atoms with Gasteiger partial charge < -0.3 is 9.84 Å². The van der Waals surface area contributed by atoms with Gasteiger partial charge in [-0.05, 0) is 27.2 Å². The van der Waals surface area contributed by atoms with Gasteiger partial charge in [-0.15, -0.1) is 0 Å². The molecule has 3 rings (SSSR count). The van der Waals surface area contributed by atoms with Crippen molar-refractivity contribution in [1.82, 2.24) is 25.2 Å². The number of nitrogens with one attached hydrogen (secondary N) is 2. The largest absolute Gasteiger partial charge is 0.338 e. The van der Waals surface area contributed by atoms with Crippen LogP contribution in [-0.2, 0) is 17.8 Å². The van der Waals surface area contributed by atoms with Gasteiger partial charge in [0.25, 0.3) is 0 Å². The number of nitrogens with zero attached hydrogens (tertiary/aromatic N) is 4. The van der Waals surface area contributed by atoms with E-state index in [1.807, 2.05) is 18.5 Å². The summed E-state index contributed by atoms with van der Waals surface area (Å²) in [6.45, 7) is 6.26. The second-order valence-electron chi connectivity index (χ2n) is 5.70. The van der Waals surface area contributed by atoms with Gasteiger partial charge in [0.15, 0.2) is 0 Å². The van der Waals surface area contributed by atoms with Crippen molar-refractivity contribution < 1.29 is 9.32 Å². The molecule has 0 saturated carbocycles. The molecule has 0 saturated heterocycles. The van der Waals surface area contributed by atoms with Crippen LogP contribution in [0.15, 0.2) is 10.6 Å². The van der Waals surface area contributed by atoms with Crippen molar-refractivity contribution in [3.63, 3.8) is 0 Å². The lowest BCUT2D eigenvalue weighted by Crippen LogP contribution is -2.47. The van der Waals surface area contributed by atoms with E-state index >= 15 is 0 Å². The summed E-state index contributed by atoms with van der Waals surface area (Å²) in [5.74, 6) is 2.04. The van der Waals surface area contributed by atoms with E-state index < -0.39 is 0 Å². The SMILES string of the molecule is Cc1cc(NC(=O)[C@@H](C)N[C@@H]2CCc3nc(C)nn3C2)on1. The second-order valence-corrected chi connectivity index (χ2v) is 5.70. The Hall–Kier alpha value is -2.22. The van der Waals surface area contributed by atoms with Crippen LogP contribution in [0, 0.1) is 13.8 Å². The highest BCUT2D eigenvalue weighted by atomic mass is 16.5. The summed E-state index contributed by atoms with van der Waals surface area (Å²) < 4.78 is 6.91. The van der Waals surface area contributed by atoms with Crippen LogP contribution in [0.1, 0.15) is 30.7 Å². The van der Waals surface area contributed by atoms with E-state index in [0.717, 1.165) is 36.7 Å². The zero-order valence-corrected chi connectivity index (χ0v) is 13.0. The summed E-state index contributed by atoms with van der Waals surface area (Å²) in [6.07, 6.45) is 1.81. The van der Waals surface area contributed by atoms with Crippen molar-refractivity contribution in [2.45, 2.75) is 52.2 Å². The van der Waals surface area contributed by atoms with Crippen LogP contribution in [0.3, 0.4) is 0 Å². The number of carbonyl (C=O) groups is 1. The molecule has 1 aliphatic heterocycles. The molecule has 3 heterocycles. The third kappa shape index (κ3) is 3.16. The maximum atomic E-state index is 12.1. The third-order valence-electron chi connectivity index (χ3n) is 3.72. The van der Waals surface area contributed by atoms with Crippen molar-refractivity contribution in [3.05, 3.63) is 23.4 Å². The Morgan fingerprint density at radius 2 is 2.32 bits per heavy atom. The standard InChI is InChI=1S/C14H20N6O2/c1-8-6-13(22-19-8)17-14(21)9(2)15-11-4-5-12-16-10(3)18-20(12)7-11/h6,9,11,15H,4-5,7H2,1-3H3,(H,17,21)/t9-,11-/m1/s1. The fraction of sp³-hybridized carbons (Fsp3) is 0.571. The highest BCUT2D eigenvalue weighted by Crippen LogP contribution is 2.14. The van der Waals surface area contributed by atoms with Crippen LogP contribution in [-0.4, -0.2) is 37.9 Å². The Balaban J connectivity index is 1.55. The second kappa shape index (κ2) is 5.88. The normalized spacial score (nSPS) is 18.8. The zero-order chi connectivity index (χ0) is 15.7. The minimum atomic E-state index is -0.332. The number of aromatic nitrogens is 4. The fourth-order valence-corrected chi connectivity index (χ4v) is 2.65. The van der Waals surface area contributed by atoms with Gasteiger partial charge in [-0.1, -0.05) is 5.16 Å². The van der Waals surface area contributed by atoms with Gasteiger partial charge in [0.2, 0.25) is 11.8 Å². The van der Waals surface area contributed by atoms with E-state index in [1.54, 1.807) is 13.0 Å². The summed E-state index contributed by atoms with van der Waals surface area (Å²) in [4.78, 5) is 16.5. The van der Waals surface area contributed by atoms with Crippen molar-refractivity contribution >= 4 is 11.8 Å². The maximum absolute atomic E-state index is 12.1. The number of rotatable bonds is 4. The number of aryl methyl sites for hydroxylation is 3. The molecule has 0 aliphatic carbocycles. The van der Waals surface area contributed by atoms with Crippen LogP contribution < -0.4 is 10.6 Å². The van der Waals surface area contributed by atoms with Crippen LogP contribution in [0.4, 0.5) is 5.88 Å². The van der Waals surface area contributed by atoms with E-state index in [9.17, 15) is 4.79 Å². The smallest absolute Gasteiger partial charge is 0.243 e. The van der Waals surface area contributed by atoms with Gasteiger partial charge in [-0.25, -0.2) is 9.67 Å². The molecule has 0 aromatic carbocycles. The summed E-state index contributed by atoms with van der Waals surface area (Å²) in [5, 5.41) is 14.2. The molecule has 8 heteroatoms. The molecule has 2 aromatic rings. The molecular weight excluding hydrogens is 284 g/mol. The minimum absolute atomic E-state index is 0.142. The van der Waals surface area contributed by atoms with Gasteiger partial charge in [-0.2, -0.15) is 5.10 Å². The lowest BCUT2D eigenvalue weighted by molar-refractivity contribution is -0.118. The molecule has 1 aliphatic rings. The highest BCUT2D eigenvalue weighted by Gasteiger charge is 2.24. The number of fused-ring (bicyclic) bond motifs is 1. The van der Waals surface area contributed by atoms with Crippen LogP contribution >= 0.6 is 0 Å². The number of carbonyl (C=O) groups excluding carboxylic acids is 1. The summed E-state index contributed by atoms with van der Waals surface area (Å²) in [5.41, 5.74) is 0.734. The van der Waals surface area contributed by atoms with Gasteiger partial charge in [0.1, 0.15) is 11.6 Å². The van der Waals surface area contributed by atoms with Crippen LogP contribution in [0.5, 0.6) is 0 Å². The van der Waals surface area contributed by atoms with E-state index in [1.165, 1.54) is 0 Å². The first-order valence-electron chi connectivity index (χ1n) is 7.42. The van der Waals surface area contributed by atoms with Crippen molar-refractivity contribution in [2.24, 2.45) is 0 Å².